The van der Waals surface area contributed by atoms with Gasteiger partial charge in [-0.3, -0.25) is 0 Å². The van der Waals surface area contributed by atoms with Gasteiger partial charge in [0.15, 0.2) is 0 Å². The van der Waals surface area contributed by atoms with Crippen LogP contribution in [0.25, 0.3) is 0 Å². The van der Waals surface area contributed by atoms with Crippen molar-refractivity contribution in [2.45, 2.75) is 32.8 Å². The number of aliphatic hydroxyl groups excluding tert-OH is 1. The number of ether oxygens (including phenoxy) is 2. The standard InChI is InChI=1S/C15H22O5/c1-3-4-7-19-9-12(16)10-20-13-5-6-14(15(17)18)11(2)8-13/h5-6,8,12,16H,3-4,7,9-10H2,1-2H3,(H,17,18). The Bertz CT molecular complexity index is 430. The summed E-state index contributed by atoms with van der Waals surface area (Å²) in [4.78, 5) is 10.9. The highest BCUT2D eigenvalue weighted by molar-refractivity contribution is 5.89. The number of carbonyl (C=O) groups is 1. The molecule has 5 heteroatoms. The molecule has 0 aromatic heterocycles. The number of aryl methyl sites for hydroxylation is 1. The van der Waals surface area contributed by atoms with Crippen molar-refractivity contribution < 1.29 is 24.5 Å². The Kier molecular flexibility index (Phi) is 7.04. The van der Waals surface area contributed by atoms with Gasteiger partial charge in [0.05, 0.1) is 12.2 Å². The SMILES string of the molecule is CCCCOCC(O)COc1ccc(C(=O)O)c(C)c1. The molecule has 0 heterocycles. The van der Waals surface area contributed by atoms with Crippen molar-refractivity contribution in [1.82, 2.24) is 0 Å². The average Bonchev–Trinajstić information content (AvgIpc) is 2.41. The molecule has 0 aliphatic heterocycles. The molecule has 0 radical (unpaired) electrons. The van der Waals surface area contributed by atoms with Crippen LogP contribution in [0.1, 0.15) is 35.7 Å². The smallest absolute Gasteiger partial charge is 0.335 e. The summed E-state index contributed by atoms with van der Waals surface area (Å²) < 4.78 is 10.7. The van der Waals surface area contributed by atoms with Crippen molar-refractivity contribution in [2.24, 2.45) is 0 Å². The first-order chi connectivity index (χ1) is 9.54. The third-order valence-electron chi connectivity index (χ3n) is 2.82. The summed E-state index contributed by atoms with van der Waals surface area (Å²) in [7, 11) is 0. The molecular formula is C15H22O5. The largest absolute Gasteiger partial charge is 0.491 e. The average molecular weight is 282 g/mol. The Morgan fingerprint density at radius 2 is 2.10 bits per heavy atom. The first-order valence-corrected chi connectivity index (χ1v) is 6.77. The number of carboxylic acids is 1. The summed E-state index contributed by atoms with van der Waals surface area (Å²) in [6, 6.07) is 4.73. The molecule has 1 unspecified atom stereocenters. The fourth-order valence-electron chi connectivity index (χ4n) is 1.67. The van der Waals surface area contributed by atoms with E-state index >= 15 is 0 Å². The Hall–Kier alpha value is -1.59. The molecule has 20 heavy (non-hydrogen) atoms. The molecule has 0 aliphatic rings. The summed E-state index contributed by atoms with van der Waals surface area (Å²) in [5.74, 6) is -0.418. The van der Waals surface area contributed by atoms with Crippen molar-refractivity contribution in [3.8, 4) is 5.75 Å². The van der Waals surface area contributed by atoms with Crippen LogP contribution in [-0.4, -0.2) is 42.1 Å². The topological polar surface area (TPSA) is 76.0 Å². The maximum Gasteiger partial charge on any atom is 0.335 e. The number of carboxylic acid groups (broad SMARTS) is 1. The van der Waals surface area contributed by atoms with Crippen LogP contribution in [0.15, 0.2) is 18.2 Å². The van der Waals surface area contributed by atoms with Gasteiger partial charge in [0.1, 0.15) is 18.5 Å². The first-order valence-electron chi connectivity index (χ1n) is 6.77. The third kappa shape index (κ3) is 5.59. The van der Waals surface area contributed by atoms with E-state index in [1.807, 2.05) is 0 Å². The molecule has 1 aromatic carbocycles. The lowest BCUT2D eigenvalue weighted by atomic mass is 10.1. The van der Waals surface area contributed by atoms with Gasteiger partial charge in [0.2, 0.25) is 0 Å². The Labute approximate surface area is 119 Å². The number of unbranched alkanes of at least 4 members (excludes halogenated alkanes) is 1. The van der Waals surface area contributed by atoms with E-state index in [1.54, 1.807) is 19.1 Å². The minimum atomic E-state index is -0.960. The zero-order valence-corrected chi connectivity index (χ0v) is 12.0. The molecule has 2 N–H and O–H groups in total. The molecule has 1 atom stereocenters. The fourth-order valence-corrected chi connectivity index (χ4v) is 1.67. The zero-order chi connectivity index (χ0) is 15.0. The molecule has 112 valence electrons. The Balaban J connectivity index is 2.38. The van der Waals surface area contributed by atoms with Crippen LogP contribution in [0.5, 0.6) is 5.75 Å². The summed E-state index contributed by atoms with van der Waals surface area (Å²) in [5.41, 5.74) is 0.879. The van der Waals surface area contributed by atoms with Gasteiger partial charge in [-0.2, -0.15) is 0 Å². The van der Waals surface area contributed by atoms with Crippen LogP contribution < -0.4 is 4.74 Å². The normalized spacial score (nSPS) is 12.2. The second kappa shape index (κ2) is 8.55. The second-order valence-electron chi connectivity index (χ2n) is 4.68. The number of hydrogen-bond acceptors (Lipinski definition) is 4. The molecule has 0 fully saturated rings. The van der Waals surface area contributed by atoms with E-state index in [4.69, 9.17) is 14.6 Å². The lowest BCUT2D eigenvalue weighted by Crippen LogP contribution is -2.23. The van der Waals surface area contributed by atoms with Crippen LogP contribution in [0, 0.1) is 6.92 Å². The number of rotatable bonds is 9. The minimum absolute atomic E-state index is 0.123. The molecular weight excluding hydrogens is 260 g/mol. The van der Waals surface area contributed by atoms with Gasteiger partial charge in [-0.05, 0) is 37.1 Å². The number of aromatic carboxylic acids is 1. The quantitative estimate of drug-likeness (QED) is 0.679. The molecule has 1 rings (SSSR count). The minimum Gasteiger partial charge on any atom is -0.491 e. The maximum absolute atomic E-state index is 10.9. The van der Waals surface area contributed by atoms with E-state index in [2.05, 4.69) is 6.92 Å². The summed E-state index contributed by atoms with van der Waals surface area (Å²) >= 11 is 0. The van der Waals surface area contributed by atoms with E-state index < -0.39 is 12.1 Å². The second-order valence-corrected chi connectivity index (χ2v) is 4.68. The third-order valence-corrected chi connectivity index (χ3v) is 2.82. The van der Waals surface area contributed by atoms with Crippen LogP contribution in [-0.2, 0) is 4.74 Å². The lowest BCUT2D eigenvalue weighted by Gasteiger charge is -2.13. The Morgan fingerprint density at radius 3 is 2.70 bits per heavy atom. The van der Waals surface area contributed by atoms with E-state index in [1.165, 1.54) is 6.07 Å². The maximum atomic E-state index is 10.9. The first kappa shape index (κ1) is 16.5. The van der Waals surface area contributed by atoms with Crippen molar-refractivity contribution in [1.29, 1.82) is 0 Å². The summed E-state index contributed by atoms with van der Waals surface area (Å²) in [6.45, 7) is 4.79. The van der Waals surface area contributed by atoms with Crippen molar-refractivity contribution in [3.05, 3.63) is 29.3 Å². The number of aliphatic hydroxyl groups is 1. The molecule has 0 bridgehead atoms. The Morgan fingerprint density at radius 1 is 1.35 bits per heavy atom. The van der Waals surface area contributed by atoms with Gasteiger partial charge >= 0.3 is 5.97 Å². The van der Waals surface area contributed by atoms with Crippen LogP contribution in [0.3, 0.4) is 0 Å². The van der Waals surface area contributed by atoms with Crippen molar-refractivity contribution >= 4 is 5.97 Å². The highest BCUT2D eigenvalue weighted by Crippen LogP contribution is 2.17. The van der Waals surface area contributed by atoms with Gasteiger partial charge in [-0.25, -0.2) is 4.79 Å². The number of hydrogen-bond donors (Lipinski definition) is 2. The van der Waals surface area contributed by atoms with Gasteiger partial charge in [0.25, 0.3) is 0 Å². The van der Waals surface area contributed by atoms with Crippen LogP contribution >= 0.6 is 0 Å². The van der Waals surface area contributed by atoms with Crippen LogP contribution in [0.2, 0.25) is 0 Å². The van der Waals surface area contributed by atoms with Gasteiger partial charge < -0.3 is 19.7 Å². The highest BCUT2D eigenvalue weighted by Gasteiger charge is 2.09. The van der Waals surface area contributed by atoms with Crippen LogP contribution in [0.4, 0.5) is 0 Å². The van der Waals surface area contributed by atoms with Gasteiger partial charge in [0, 0.05) is 6.61 Å². The molecule has 0 amide bonds. The lowest BCUT2D eigenvalue weighted by molar-refractivity contribution is 0.0113. The fraction of sp³-hybridized carbons (Fsp3) is 0.533. The van der Waals surface area contributed by atoms with E-state index in [9.17, 15) is 9.90 Å². The molecule has 0 saturated heterocycles. The monoisotopic (exact) mass is 282 g/mol. The van der Waals surface area contributed by atoms with E-state index in [-0.39, 0.29) is 18.8 Å². The molecule has 1 aromatic rings. The van der Waals surface area contributed by atoms with Gasteiger partial charge in [-0.1, -0.05) is 13.3 Å². The summed E-state index contributed by atoms with van der Waals surface area (Å²) in [5, 5.41) is 18.6. The molecule has 0 spiro atoms. The predicted octanol–water partition coefficient (Wildman–Crippen LogP) is 2.25. The summed E-state index contributed by atoms with van der Waals surface area (Å²) in [6.07, 6.45) is 1.34. The van der Waals surface area contributed by atoms with E-state index in [0.717, 1.165) is 12.8 Å². The highest BCUT2D eigenvalue weighted by atomic mass is 16.5. The molecule has 5 nitrogen and oxygen atoms in total. The van der Waals surface area contributed by atoms with Gasteiger partial charge in [-0.15, -0.1) is 0 Å². The number of benzene rings is 1. The van der Waals surface area contributed by atoms with Crippen molar-refractivity contribution in [3.63, 3.8) is 0 Å². The molecule has 0 saturated carbocycles. The zero-order valence-electron chi connectivity index (χ0n) is 12.0. The molecule has 0 aliphatic carbocycles. The predicted molar refractivity (Wildman–Crippen MR) is 75.4 cm³/mol. The van der Waals surface area contributed by atoms with Crippen molar-refractivity contribution in [2.75, 3.05) is 19.8 Å². The van der Waals surface area contributed by atoms with E-state index in [0.29, 0.717) is 17.9 Å².